The Kier molecular flexibility index (Phi) is 5.95. The molecule has 1 amide bonds. The van der Waals surface area contributed by atoms with E-state index < -0.39 is 0 Å². The number of esters is 1. The van der Waals surface area contributed by atoms with Crippen molar-refractivity contribution in [3.8, 4) is 0 Å². The SMILES string of the molecule is COC(=O)CCN(CC1CCCO1)C(=O)c1ccccc1C. The smallest absolute Gasteiger partial charge is 0.307 e. The molecule has 1 atom stereocenters. The third-order valence-corrected chi connectivity index (χ3v) is 3.92. The minimum absolute atomic E-state index is 0.0579. The van der Waals surface area contributed by atoms with Crippen molar-refractivity contribution < 1.29 is 19.1 Å². The first-order valence-corrected chi connectivity index (χ1v) is 7.65. The Bertz CT molecular complexity index is 523. The van der Waals surface area contributed by atoms with Gasteiger partial charge in [0, 0.05) is 25.3 Å². The van der Waals surface area contributed by atoms with E-state index in [4.69, 9.17) is 4.74 Å². The van der Waals surface area contributed by atoms with Crippen LogP contribution in [0.4, 0.5) is 0 Å². The zero-order chi connectivity index (χ0) is 15.9. The highest BCUT2D eigenvalue weighted by atomic mass is 16.5. The quantitative estimate of drug-likeness (QED) is 0.756. The molecule has 5 heteroatoms. The van der Waals surface area contributed by atoms with Crippen molar-refractivity contribution in [1.82, 2.24) is 4.90 Å². The molecule has 1 aliphatic heterocycles. The number of amides is 1. The minimum Gasteiger partial charge on any atom is -0.469 e. The highest BCUT2D eigenvalue weighted by molar-refractivity contribution is 5.95. The van der Waals surface area contributed by atoms with Gasteiger partial charge in [0.15, 0.2) is 0 Å². The first kappa shape index (κ1) is 16.5. The Hall–Kier alpha value is -1.88. The number of nitrogens with zero attached hydrogens (tertiary/aromatic N) is 1. The molecule has 1 unspecified atom stereocenters. The van der Waals surface area contributed by atoms with E-state index in [1.807, 2.05) is 31.2 Å². The normalized spacial score (nSPS) is 17.3. The standard InChI is InChI=1S/C17H23NO4/c1-13-6-3-4-8-15(13)17(20)18(10-9-16(19)21-2)12-14-7-5-11-22-14/h3-4,6,8,14H,5,7,9-12H2,1-2H3. The van der Waals surface area contributed by atoms with Crippen LogP contribution in [-0.4, -0.2) is 49.7 Å². The van der Waals surface area contributed by atoms with Gasteiger partial charge in [0.05, 0.1) is 19.6 Å². The van der Waals surface area contributed by atoms with Gasteiger partial charge in [-0.25, -0.2) is 0 Å². The monoisotopic (exact) mass is 305 g/mol. The van der Waals surface area contributed by atoms with Crippen LogP contribution in [0.15, 0.2) is 24.3 Å². The molecule has 1 fully saturated rings. The number of carbonyl (C=O) groups excluding carboxylic acids is 2. The number of hydrogen-bond acceptors (Lipinski definition) is 4. The minimum atomic E-state index is -0.310. The lowest BCUT2D eigenvalue weighted by molar-refractivity contribution is -0.140. The molecule has 0 bridgehead atoms. The van der Waals surface area contributed by atoms with Crippen LogP contribution >= 0.6 is 0 Å². The molecule has 0 saturated carbocycles. The van der Waals surface area contributed by atoms with Crippen molar-refractivity contribution in [2.45, 2.75) is 32.3 Å². The van der Waals surface area contributed by atoms with Crippen LogP contribution in [0, 0.1) is 6.92 Å². The van der Waals surface area contributed by atoms with E-state index in [2.05, 4.69) is 4.74 Å². The fourth-order valence-corrected chi connectivity index (χ4v) is 2.62. The molecular formula is C17H23NO4. The zero-order valence-corrected chi connectivity index (χ0v) is 13.2. The van der Waals surface area contributed by atoms with Gasteiger partial charge < -0.3 is 14.4 Å². The second-order valence-corrected chi connectivity index (χ2v) is 5.53. The number of ether oxygens (including phenoxy) is 2. The van der Waals surface area contributed by atoms with Crippen LogP contribution < -0.4 is 0 Å². The summed E-state index contributed by atoms with van der Waals surface area (Å²) < 4.78 is 10.3. The predicted molar refractivity (Wildman–Crippen MR) is 82.7 cm³/mol. The highest BCUT2D eigenvalue weighted by Crippen LogP contribution is 2.17. The lowest BCUT2D eigenvalue weighted by Gasteiger charge is -2.25. The van der Waals surface area contributed by atoms with E-state index >= 15 is 0 Å². The molecule has 5 nitrogen and oxygen atoms in total. The molecule has 0 spiro atoms. The number of rotatable bonds is 6. The fourth-order valence-electron chi connectivity index (χ4n) is 2.62. The average molecular weight is 305 g/mol. The number of aryl methyl sites for hydroxylation is 1. The van der Waals surface area contributed by atoms with Gasteiger partial charge in [-0.2, -0.15) is 0 Å². The molecule has 1 aliphatic rings. The van der Waals surface area contributed by atoms with Crippen molar-refractivity contribution in [3.63, 3.8) is 0 Å². The largest absolute Gasteiger partial charge is 0.469 e. The Morgan fingerprint density at radius 2 is 2.14 bits per heavy atom. The summed E-state index contributed by atoms with van der Waals surface area (Å²) in [5.41, 5.74) is 1.60. The summed E-state index contributed by atoms with van der Waals surface area (Å²) in [5, 5.41) is 0. The molecule has 2 rings (SSSR count). The summed E-state index contributed by atoms with van der Waals surface area (Å²) in [6.45, 7) is 3.52. The number of carbonyl (C=O) groups is 2. The van der Waals surface area contributed by atoms with Crippen LogP contribution in [-0.2, 0) is 14.3 Å². The second-order valence-electron chi connectivity index (χ2n) is 5.53. The number of hydrogen-bond donors (Lipinski definition) is 0. The van der Waals surface area contributed by atoms with Gasteiger partial charge in [0.2, 0.25) is 0 Å². The van der Waals surface area contributed by atoms with Gasteiger partial charge in [-0.1, -0.05) is 18.2 Å². The van der Waals surface area contributed by atoms with Crippen LogP contribution in [0.1, 0.15) is 35.2 Å². The summed E-state index contributed by atoms with van der Waals surface area (Å²) in [6.07, 6.45) is 2.23. The van der Waals surface area contributed by atoms with Gasteiger partial charge in [-0.05, 0) is 31.4 Å². The van der Waals surface area contributed by atoms with Crippen LogP contribution in [0.5, 0.6) is 0 Å². The van der Waals surface area contributed by atoms with E-state index in [0.29, 0.717) is 18.7 Å². The summed E-state index contributed by atoms with van der Waals surface area (Å²) in [4.78, 5) is 25.9. The van der Waals surface area contributed by atoms with E-state index in [0.717, 1.165) is 25.0 Å². The molecule has 0 aromatic heterocycles. The fraction of sp³-hybridized carbons (Fsp3) is 0.529. The molecule has 120 valence electrons. The average Bonchev–Trinajstić information content (AvgIpc) is 3.04. The van der Waals surface area contributed by atoms with E-state index in [-0.39, 0.29) is 24.4 Å². The van der Waals surface area contributed by atoms with Gasteiger partial charge in [-0.3, -0.25) is 9.59 Å². The van der Waals surface area contributed by atoms with E-state index in [9.17, 15) is 9.59 Å². The Morgan fingerprint density at radius 3 is 2.77 bits per heavy atom. The maximum Gasteiger partial charge on any atom is 0.307 e. The molecule has 22 heavy (non-hydrogen) atoms. The summed E-state index contributed by atoms with van der Waals surface area (Å²) in [7, 11) is 1.36. The highest BCUT2D eigenvalue weighted by Gasteiger charge is 2.24. The third kappa shape index (κ3) is 4.31. The van der Waals surface area contributed by atoms with Crippen molar-refractivity contribution in [2.24, 2.45) is 0 Å². The van der Waals surface area contributed by atoms with E-state index in [1.54, 1.807) is 4.90 Å². The first-order chi connectivity index (χ1) is 10.6. The van der Waals surface area contributed by atoms with Crippen LogP contribution in [0.2, 0.25) is 0 Å². The topological polar surface area (TPSA) is 55.8 Å². The molecular weight excluding hydrogens is 282 g/mol. The van der Waals surface area contributed by atoms with Crippen molar-refractivity contribution in [1.29, 1.82) is 0 Å². The molecule has 0 N–H and O–H groups in total. The Morgan fingerprint density at radius 1 is 1.36 bits per heavy atom. The van der Waals surface area contributed by atoms with Crippen LogP contribution in [0.25, 0.3) is 0 Å². The van der Waals surface area contributed by atoms with Gasteiger partial charge in [0.25, 0.3) is 5.91 Å². The molecule has 1 saturated heterocycles. The molecule has 1 heterocycles. The summed E-state index contributed by atoms with van der Waals surface area (Å²) in [6, 6.07) is 7.49. The van der Waals surface area contributed by atoms with Crippen molar-refractivity contribution >= 4 is 11.9 Å². The molecule has 1 aromatic carbocycles. The number of benzene rings is 1. The summed E-state index contributed by atoms with van der Waals surface area (Å²) >= 11 is 0. The van der Waals surface area contributed by atoms with E-state index in [1.165, 1.54) is 7.11 Å². The van der Waals surface area contributed by atoms with Crippen LogP contribution in [0.3, 0.4) is 0 Å². The molecule has 0 radical (unpaired) electrons. The molecule has 1 aromatic rings. The summed E-state index contributed by atoms with van der Waals surface area (Å²) in [5.74, 6) is -0.368. The predicted octanol–water partition coefficient (Wildman–Crippen LogP) is 2.18. The second kappa shape index (κ2) is 7.94. The Labute approximate surface area is 131 Å². The Balaban J connectivity index is 2.09. The van der Waals surface area contributed by atoms with Gasteiger partial charge >= 0.3 is 5.97 Å². The first-order valence-electron chi connectivity index (χ1n) is 7.65. The maximum absolute atomic E-state index is 12.8. The van der Waals surface area contributed by atoms with Gasteiger partial charge in [0.1, 0.15) is 0 Å². The van der Waals surface area contributed by atoms with Crippen molar-refractivity contribution in [3.05, 3.63) is 35.4 Å². The zero-order valence-electron chi connectivity index (χ0n) is 13.2. The maximum atomic E-state index is 12.8. The lowest BCUT2D eigenvalue weighted by Crippen LogP contribution is -2.39. The lowest BCUT2D eigenvalue weighted by atomic mass is 10.1. The third-order valence-electron chi connectivity index (χ3n) is 3.92. The van der Waals surface area contributed by atoms with Gasteiger partial charge in [-0.15, -0.1) is 0 Å². The molecule has 0 aliphatic carbocycles. The van der Waals surface area contributed by atoms with Crippen molar-refractivity contribution in [2.75, 3.05) is 26.8 Å². The number of methoxy groups -OCH3 is 1.